The van der Waals surface area contributed by atoms with Gasteiger partial charge in [0, 0.05) is 13.2 Å². The SMILES string of the molecule is O=C(NCC1CC(O)C1)C1CCCOC1. The quantitative estimate of drug-likeness (QED) is 0.709. The molecule has 2 fully saturated rings. The molecule has 1 amide bonds. The fourth-order valence-electron chi connectivity index (χ4n) is 2.20. The zero-order valence-corrected chi connectivity index (χ0v) is 8.95. The van der Waals surface area contributed by atoms with E-state index < -0.39 is 0 Å². The summed E-state index contributed by atoms with van der Waals surface area (Å²) in [6.45, 7) is 2.07. The Morgan fingerprint density at radius 2 is 2.27 bits per heavy atom. The molecule has 1 atom stereocenters. The van der Waals surface area contributed by atoms with Crippen molar-refractivity contribution < 1.29 is 14.6 Å². The summed E-state index contributed by atoms with van der Waals surface area (Å²) in [5.74, 6) is 0.647. The van der Waals surface area contributed by atoms with Crippen LogP contribution < -0.4 is 5.32 Å². The highest BCUT2D eigenvalue weighted by molar-refractivity contribution is 5.78. The second-order valence-electron chi connectivity index (χ2n) is 4.65. The fraction of sp³-hybridized carbons (Fsp3) is 0.909. The van der Waals surface area contributed by atoms with Gasteiger partial charge in [0.15, 0.2) is 0 Å². The van der Waals surface area contributed by atoms with Crippen molar-refractivity contribution in [1.82, 2.24) is 5.32 Å². The minimum absolute atomic E-state index is 0.0451. The summed E-state index contributed by atoms with van der Waals surface area (Å²) in [5.41, 5.74) is 0. The van der Waals surface area contributed by atoms with E-state index in [1.807, 2.05) is 0 Å². The van der Waals surface area contributed by atoms with Gasteiger partial charge < -0.3 is 15.2 Å². The van der Waals surface area contributed by atoms with Crippen molar-refractivity contribution in [3.8, 4) is 0 Å². The summed E-state index contributed by atoms with van der Waals surface area (Å²) in [7, 11) is 0. The molecule has 4 nitrogen and oxygen atoms in total. The summed E-state index contributed by atoms with van der Waals surface area (Å²) >= 11 is 0. The van der Waals surface area contributed by atoms with Gasteiger partial charge in [0.25, 0.3) is 0 Å². The van der Waals surface area contributed by atoms with Gasteiger partial charge in [-0.3, -0.25) is 4.79 Å². The lowest BCUT2D eigenvalue weighted by Gasteiger charge is -2.32. The predicted octanol–water partition coefficient (Wildman–Crippen LogP) is 0.300. The number of aliphatic hydroxyl groups excluding tert-OH is 1. The second-order valence-corrected chi connectivity index (χ2v) is 4.65. The van der Waals surface area contributed by atoms with Crippen LogP contribution in [-0.4, -0.2) is 36.9 Å². The Hall–Kier alpha value is -0.610. The zero-order chi connectivity index (χ0) is 10.7. The average Bonchev–Trinajstić information content (AvgIpc) is 2.23. The van der Waals surface area contributed by atoms with Gasteiger partial charge in [0.1, 0.15) is 0 Å². The lowest BCUT2D eigenvalue weighted by atomic mass is 9.82. The zero-order valence-electron chi connectivity index (χ0n) is 8.95. The summed E-state index contributed by atoms with van der Waals surface area (Å²) < 4.78 is 5.27. The van der Waals surface area contributed by atoms with E-state index in [2.05, 4.69) is 5.32 Å². The van der Waals surface area contributed by atoms with Gasteiger partial charge in [0.05, 0.1) is 18.6 Å². The predicted molar refractivity (Wildman–Crippen MR) is 55.3 cm³/mol. The molecule has 1 aliphatic carbocycles. The van der Waals surface area contributed by atoms with Crippen molar-refractivity contribution in [2.75, 3.05) is 19.8 Å². The van der Waals surface area contributed by atoms with Crippen LogP contribution in [0.5, 0.6) is 0 Å². The number of amides is 1. The van der Waals surface area contributed by atoms with Crippen LogP contribution in [0, 0.1) is 11.8 Å². The smallest absolute Gasteiger partial charge is 0.225 e. The molecule has 2 aliphatic rings. The number of aliphatic hydroxyl groups is 1. The van der Waals surface area contributed by atoms with Crippen LogP contribution in [-0.2, 0) is 9.53 Å². The molecule has 86 valence electrons. The number of hydrogen-bond acceptors (Lipinski definition) is 3. The Morgan fingerprint density at radius 1 is 1.47 bits per heavy atom. The molecule has 1 unspecified atom stereocenters. The van der Waals surface area contributed by atoms with Crippen LogP contribution in [0.1, 0.15) is 25.7 Å². The van der Waals surface area contributed by atoms with Crippen LogP contribution >= 0.6 is 0 Å². The van der Waals surface area contributed by atoms with Crippen molar-refractivity contribution in [2.24, 2.45) is 11.8 Å². The number of hydrogen-bond donors (Lipinski definition) is 2. The first kappa shape index (κ1) is 10.9. The lowest BCUT2D eigenvalue weighted by molar-refractivity contribution is -0.129. The fourth-order valence-corrected chi connectivity index (χ4v) is 2.20. The summed E-state index contributed by atoms with van der Waals surface area (Å²) in [4.78, 5) is 11.7. The molecule has 2 rings (SSSR count). The first-order valence-electron chi connectivity index (χ1n) is 5.79. The molecule has 15 heavy (non-hydrogen) atoms. The van der Waals surface area contributed by atoms with Gasteiger partial charge in [-0.05, 0) is 31.6 Å². The van der Waals surface area contributed by atoms with Crippen LogP contribution in [0.2, 0.25) is 0 Å². The van der Waals surface area contributed by atoms with Gasteiger partial charge in [-0.1, -0.05) is 0 Å². The second kappa shape index (κ2) is 4.94. The Balaban J connectivity index is 1.63. The largest absolute Gasteiger partial charge is 0.393 e. The third-order valence-corrected chi connectivity index (χ3v) is 3.31. The molecule has 0 aromatic rings. The molecule has 2 N–H and O–H groups in total. The number of nitrogens with one attached hydrogen (secondary N) is 1. The van der Waals surface area contributed by atoms with E-state index in [0.29, 0.717) is 19.1 Å². The van der Waals surface area contributed by atoms with Gasteiger partial charge in [-0.2, -0.15) is 0 Å². The molecular weight excluding hydrogens is 194 g/mol. The minimum Gasteiger partial charge on any atom is -0.393 e. The Kier molecular flexibility index (Phi) is 3.59. The summed E-state index contributed by atoms with van der Waals surface area (Å²) in [6.07, 6.45) is 3.47. The van der Waals surface area contributed by atoms with E-state index in [1.54, 1.807) is 0 Å². The average molecular weight is 213 g/mol. The van der Waals surface area contributed by atoms with E-state index in [1.165, 1.54) is 0 Å². The van der Waals surface area contributed by atoms with Gasteiger partial charge in [-0.15, -0.1) is 0 Å². The number of rotatable bonds is 3. The molecule has 0 radical (unpaired) electrons. The maximum absolute atomic E-state index is 11.7. The van der Waals surface area contributed by atoms with Gasteiger partial charge in [-0.25, -0.2) is 0 Å². The van der Waals surface area contributed by atoms with Crippen LogP contribution in [0.3, 0.4) is 0 Å². The molecule has 1 saturated heterocycles. The molecule has 0 aromatic heterocycles. The van der Waals surface area contributed by atoms with E-state index >= 15 is 0 Å². The summed E-state index contributed by atoms with van der Waals surface area (Å²) in [5, 5.41) is 12.0. The maximum atomic E-state index is 11.7. The third kappa shape index (κ3) is 2.92. The first-order chi connectivity index (χ1) is 7.25. The Labute approximate surface area is 90.0 Å². The number of carbonyl (C=O) groups excluding carboxylic acids is 1. The molecule has 0 aromatic carbocycles. The van der Waals surface area contributed by atoms with Gasteiger partial charge >= 0.3 is 0 Å². The van der Waals surface area contributed by atoms with E-state index in [-0.39, 0.29) is 17.9 Å². The Bertz CT molecular complexity index is 220. The highest BCUT2D eigenvalue weighted by atomic mass is 16.5. The molecule has 1 aliphatic heterocycles. The van der Waals surface area contributed by atoms with Crippen molar-refractivity contribution >= 4 is 5.91 Å². The van der Waals surface area contributed by atoms with Crippen molar-refractivity contribution in [3.05, 3.63) is 0 Å². The number of ether oxygens (including phenoxy) is 1. The monoisotopic (exact) mass is 213 g/mol. The highest BCUT2D eigenvalue weighted by Gasteiger charge is 2.28. The van der Waals surface area contributed by atoms with E-state index in [0.717, 1.165) is 32.3 Å². The Morgan fingerprint density at radius 3 is 2.87 bits per heavy atom. The molecule has 1 saturated carbocycles. The lowest BCUT2D eigenvalue weighted by Crippen LogP contribution is -2.42. The van der Waals surface area contributed by atoms with Crippen LogP contribution in [0.25, 0.3) is 0 Å². The highest BCUT2D eigenvalue weighted by Crippen LogP contribution is 2.26. The normalized spacial score (nSPS) is 35.7. The molecule has 0 spiro atoms. The standard InChI is InChI=1S/C11H19NO3/c13-10-4-8(5-10)6-12-11(14)9-2-1-3-15-7-9/h8-10,13H,1-7H2,(H,12,14). The van der Waals surface area contributed by atoms with Gasteiger partial charge in [0.2, 0.25) is 5.91 Å². The van der Waals surface area contributed by atoms with E-state index in [9.17, 15) is 4.79 Å². The molecule has 1 heterocycles. The van der Waals surface area contributed by atoms with Crippen molar-refractivity contribution in [2.45, 2.75) is 31.8 Å². The van der Waals surface area contributed by atoms with E-state index in [4.69, 9.17) is 9.84 Å². The third-order valence-electron chi connectivity index (χ3n) is 3.31. The maximum Gasteiger partial charge on any atom is 0.225 e. The van der Waals surface area contributed by atoms with Crippen molar-refractivity contribution in [3.63, 3.8) is 0 Å². The number of carbonyl (C=O) groups is 1. The first-order valence-corrected chi connectivity index (χ1v) is 5.79. The summed E-state index contributed by atoms with van der Waals surface area (Å²) in [6, 6.07) is 0. The van der Waals surface area contributed by atoms with Crippen molar-refractivity contribution in [1.29, 1.82) is 0 Å². The van der Waals surface area contributed by atoms with Crippen LogP contribution in [0.4, 0.5) is 0 Å². The topological polar surface area (TPSA) is 58.6 Å². The molecule has 4 heteroatoms. The van der Waals surface area contributed by atoms with Crippen LogP contribution in [0.15, 0.2) is 0 Å². The minimum atomic E-state index is -0.134. The molecular formula is C11H19NO3. The molecule has 0 bridgehead atoms.